The average Bonchev–Trinajstić information content (AvgIpc) is 3.04. The molecule has 1 aliphatic heterocycles. The van der Waals surface area contributed by atoms with Crippen molar-refractivity contribution in [2.45, 2.75) is 38.5 Å². The van der Waals surface area contributed by atoms with Crippen LogP contribution >= 0.6 is 23.1 Å². The summed E-state index contributed by atoms with van der Waals surface area (Å²) < 4.78 is 0. The van der Waals surface area contributed by atoms with Gasteiger partial charge in [-0.3, -0.25) is 4.79 Å². The van der Waals surface area contributed by atoms with E-state index >= 15 is 0 Å². The molecule has 2 nitrogen and oxygen atoms in total. The van der Waals surface area contributed by atoms with E-state index in [2.05, 4.69) is 54.5 Å². The van der Waals surface area contributed by atoms with Gasteiger partial charge in [-0.1, -0.05) is 36.8 Å². The van der Waals surface area contributed by atoms with E-state index in [1.807, 2.05) is 11.3 Å². The molecule has 3 rings (SSSR count). The number of aryl methyl sites for hydroxylation is 1. The Labute approximate surface area is 146 Å². The first kappa shape index (κ1) is 16.6. The van der Waals surface area contributed by atoms with E-state index in [1.54, 1.807) is 11.8 Å². The molecule has 1 aromatic carbocycles. The minimum Gasteiger partial charge on any atom is -0.335 e. The van der Waals surface area contributed by atoms with E-state index in [0.717, 1.165) is 25.1 Å². The van der Waals surface area contributed by atoms with Gasteiger partial charge in [-0.05, 0) is 42.3 Å². The number of thioether (sulfide) groups is 1. The predicted octanol–water partition coefficient (Wildman–Crippen LogP) is 4.83. The highest BCUT2D eigenvalue weighted by Gasteiger charge is 2.29. The second-order valence-corrected chi connectivity index (χ2v) is 8.02. The number of fused-ring (bicyclic) bond motifs is 1. The van der Waals surface area contributed by atoms with Crippen LogP contribution < -0.4 is 0 Å². The summed E-state index contributed by atoms with van der Waals surface area (Å²) in [6, 6.07) is 11.0. The molecule has 0 saturated heterocycles. The van der Waals surface area contributed by atoms with Crippen LogP contribution in [-0.4, -0.2) is 23.1 Å². The van der Waals surface area contributed by atoms with Crippen LogP contribution in [-0.2, 0) is 17.0 Å². The smallest absolute Gasteiger partial charge is 0.233 e. The summed E-state index contributed by atoms with van der Waals surface area (Å²) in [5.74, 6) is 1.76. The summed E-state index contributed by atoms with van der Waals surface area (Å²) >= 11 is 3.55. The highest BCUT2D eigenvalue weighted by atomic mass is 32.2. The molecule has 4 heteroatoms. The van der Waals surface area contributed by atoms with Crippen molar-refractivity contribution in [2.75, 3.05) is 12.3 Å². The molecule has 0 spiro atoms. The lowest BCUT2D eigenvalue weighted by atomic mass is 9.98. The van der Waals surface area contributed by atoms with Crippen molar-refractivity contribution in [3.8, 4) is 0 Å². The Morgan fingerprint density at radius 2 is 2.09 bits per heavy atom. The van der Waals surface area contributed by atoms with Gasteiger partial charge in [0.15, 0.2) is 0 Å². The zero-order chi connectivity index (χ0) is 16.2. The third-order valence-corrected chi connectivity index (χ3v) is 6.40. The van der Waals surface area contributed by atoms with Gasteiger partial charge >= 0.3 is 0 Å². The number of rotatable bonds is 5. The zero-order valence-electron chi connectivity index (χ0n) is 13.7. The fraction of sp³-hybridized carbons (Fsp3) is 0.421. The van der Waals surface area contributed by atoms with Crippen molar-refractivity contribution >= 4 is 29.0 Å². The van der Waals surface area contributed by atoms with Gasteiger partial charge in [0.25, 0.3) is 0 Å². The molecule has 0 radical (unpaired) electrons. The van der Waals surface area contributed by atoms with Crippen LogP contribution in [0.15, 0.2) is 35.7 Å². The third-order valence-electron chi connectivity index (χ3n) is 4.42. The second-order valence-electron chi connectivity index (χ2n) is 6.04. The molecular weight excluding hydrogens is 322 g/mol. The summed E-state index contributed by atoms with van der Waals surface area (Å²) in [5, 5.41) is 2.16. The number of hydrogen-bond acceptors (Lipinski definition) is 3. The fourth-order valence-corrected chi connectivity index (χ4v) is 4.96. The molecule has 122 valence electrons. The van der Waals surface area contributed by atoms with Crippen LogP contribution in [0.25, 0.3) is 0 Å². The molecule has 0 bridgehead atoms. The van der Waals surface area contributed by atoms with E-state index in [9.17, 15) is 4.79 Å². The maximum atomic E-state index is 12.7. The van der Waals surface area contributed by atoms with Gasteiger partial charge in [0.2, 0.25) is 5.91 Å². The lowest BCUT2D eigenvalue weighted by Crippen LogP contribution is -2.40. The van der Waals surface area contributed by atoms with Gasteiger partial charge in [0, 0.05) is 17.2 Å². The number of carbonyl (C=O) groups excluding carboxylic acids is 1. The first-order valence-corrected chi connectivity index (χ1v) is 10.2. The minimum absolute atomic E-state index is 0.275. The van der Waals surface area contributed by atoms with Crippen LogP contribution in [0.3, 0.4) is 0 Å². The number of thiophene rings is 1. The number of nitrogens with zero attached hydrogens (tertiary/aromatic N) is 1. The van der Waals surface area contributed by atoms with Crippen molar-refractivity contribution in [1.82, 2.24) is 4.90 Å². The molecule has 2 aromatic rings. The van der Waals surface area contributed by atoms with E-state index in [4.69, 9.17) is 0 Å². The summed E-state index contributed by atoms with van der Waals surface area (Å²) in [5.41, 5.74) is 3.94. The third kappa shape index (κ3) is 3.81. The van der Waals surface area contributed by atoms with Crippen molar-refractivity contribution < 1.29 is 4.79 Å². The monoisotopic (exact) mass is 345 g/mol. The van der Waals surface area contributed by atoms with Crippen molar-refractivity contribution in [1.29, 1.82) is 0 Å². The Morgan fingerprint density at radius 3 is 2.83 bits per heavy atom. The molecule has 0 aliphatic carbocycles. The van der Waals surface area contributed by atoms with E-state index in [0.29, 0.717) is 5.75 Å². The Morgan fingerprint density at radius 1 is 1.30 bits per heavy atom. The molecular formula is C19H23NOS2. The molecule has 0 saturated carbocycles. The van der Waals surface area contributed by atoms with Gasteiger partial charge in [0.1, 0.15) is 0 Å². The quantitative estimate of drug-likeness (QED) is 0.774. The van der Waals surface area contributed by atoms with Gasteiger partial charge in [-0.2, -0.15) is 0 Å². The van der Waals surface area contributed by atoms with Crippen LogP contribution in [0, 0.1) is 6.92 Å². The standard InChI is InChI=1S/C19H23NOS2/c1-3-17-16-9-11-23-18(16)8-10-20(17)19(21)13-22-12-15-6-4-14(2)5-7-15/h4-7,9,11,17H,3,8,10,12-13H2,1-2H3. The molecule has 0 fully saturated rings. The number of benzene rings is 1. The van der Waals surface area contributed by atoms with E-state index < -0.39 is 0 Å². The normalized spacial score (nSPS) is 17.1. The molecule has 1 aliphatic rings. The first-order valence-electron chi connectivity index (χ1n) is 8.18. The number of carbonyl (C=O) groups is 1. The largest absolute Gasteiger partial charge is 0.335 e. The summed E-state index contributed by atoms with van der Waals surface area (Å²) in [7, 11) is 0. The Hall–Kier alpha value is -1.26. The van der Waals surface area contributed by atoms with Gasteiger partial charge in [-0.25, -0.2) is 0 Å². The lowest BCUT2D eigenvalue weighted by Gasteiger charge is -2.35. The number of amides is 1. The summed E-state index contributed by atoms with van der Waals surface area (Å²) in [4.78, 5) is 16.2. The maximum absolute atomic E-state index is 12.7. The fourth-order valence-electron chi connectivity index (χ4n) is 3.16. The summed E-state index contributed by atoms with van der Waals surface area (Å²) in [6.45, 7) is 5.15. The molecule has 0 N–H and O–H groups in total. The van der Waals surface area contributed by atoms with Crippen LogP contribution in [0.1, 0.15) is 41.0 Å². The average molecular weight is 346 g/mol. The van der Waals surface area contributed by atoms with Gasteiger partial charge in [-0.15, -0.1) is 23.1 Å². The Bertz CT molecular complexity index is 662. The van der Waals surface area contributed by atoms with Crippen molar-refractivity contribution in [3.05, 3.63) is 57.3 Å². The molecule has 1 atom stereocenters. The van der Waals surface area contributed by atoms with E-state index in [1.165, 1.54) is 21.6 Å². The summed E-state index contributed by atoms with van der Waals surface area (Å²) in [6.07, 6.45) is 2.01. The van der Waals surface area contributed by atoms with Gasteiger partial charge in [0.05, 0.1) is 11.8 Å². The highest BCUT2D eigenvalue weighted by molar-refractivity contribution is 7.99. The molecule has 23 heavy (non-hydrogen) atoms. The van der Waals surface area contributed by atoms with Crippen molar-refractivity contribution in [2.24, 2.45) is 0 Å². The minimum atomic E-state index is 0.275. The molecule has 1 unspecified atom stereocenters. The van der Waals surface area contributed by atoms with Crippen LogP contribution in [0.5, 0.6) is 0 Å². The van der Waals surface area contributed by atoms with Crippen LogP contribution in [0.4, 0.5) is 0 Å². The van der Waals surface area contributed by atoms with Gasteiger partial charge < -0.3 is 4.90 Å². The molecule has 1 aromatic heterocycles. The van der Waals surface area contributed by atoms with Crippen LogP contribution in [0.2, 0.25) is 0 Å². The first-order chi connectivity index (χ1) is 11.2. The Kier molecular flexibility index (Phi) is 5.44. The number of hydrogen-bond donors (Lipinski definition) is 0. The topological polar surface area (TPSA) is 20.3 Å². The molecule has 2 heterocycles. The predicted molar refractivity (Wildman–Crippen MR) is 100 cm³/mol. The van der Waals surface area contributed by atoms with E-state index in [-0.39, 0.29) is 11.9 Å². The SMILES string of the molecule is CCC1c2ccsc2CCN1C(=O)CSCc1ccc(C)cc1. The van der Waals surface area contributed by atoms with Crippen molar-refractivity contribution in [3.63, 3.8) is 0 Å². The maximum Gasteiger partial charge on any atom is 0.233 e. The zero-order valence-corrected chi connectivity index (χ0v) is 15.4. The lowest BCUT2D eigenvalue weighted by molar-refractivity contribution is -0.131. The Balaban J connectivity index is 1.57. The highest BCUT2D eigenvalue weighted by Crippen LogP contribution is 2.35. The second kappa shape index (κ2) is 7.54. The molecule has 1 amide bonds.